The Morgan fingerprint density at radius 3 is 3.07 bits per heavy atom. The molecule has 0 bridgehead atoms. The van der Waals surface area contributed by atoms with Crippen LogP contribution in [0.2, 0.25) is 0 Å². The van der Waals surface area contributed by atoms with Crippen molar-refractivity contribution in [3.05, 3.63) is 40.3 Å². The van der Waals surface area contributed by atoms with E-state index in [1.165, 1.54) is 0 Å². The molecule has 1 heterocycles. The number of nitrogens with one attached hydrogen (secondary N) is 1. The number of carbonyl (C=O) groups excluding carboxylic acids is 1. The van der Waals surface area contributed by atoms with E-state index in [0.717, 1.165) is 0 Å². The van der Waals surface area contributed by atoms with E-state index < -0.39 is 0 Å². The number of fused-ring (bicyclic) bond motifs is 1. The maximum absolute atomic E-state index is 11.3. The minimum absolute atomic E-state index is 0.234. The molecule has 1 aromatic carbocycles. The molecular weight excluding hydrogens is 192 g/mol. The monoisotopic (exact) mass is 198 g/mol. The number of rotatable bonds is 0. The second kappa shape index (κ2) is 3.76. The first-order chi connectivity index (χ1) is 7.31. The smallest absolute Gasteiger partial charge is 0.272 e. The molecule has 1 aromatic heterocycles. The fourth-order valence-electron chi connectivity index (χ4n) is 1.29. The fraction of sp³-hybridized carbons (Fsp3) is 0. The van der Waals surface area contributed by atoms with Gasteiger partial charge in [0.25, 0.3) is 5.56 Å². The van der Waals surface area contributed by atoms with Crippen molar-refractivity contribution in [2.75, 3.05) is 0 Å². The van der Waals surface area contributed by atoms with E-state index in [1.54, 1.807) is 24.4 Å². The normalized spacial score (nSPS) is 9.33. The highest BCUT2D eigenvalue weighted by atomic mass is 16.1. The van der Waals surface area contributed by atoms with Crippen LogP contribution >= 0.6 is 0 Å². The molecule has 0 fully saturated rings. The molecule has 2 aromatic rings. The van der Waals surface area contributed by atoms with Crippen molar-refractivity contribution in [1.29, 1.82) is 0 Å². The van der Waals surface area contributed by atoms with Gasteiger partial charge in [0.2, 0.25) is 0 Å². The molecule has 15 heavy (non-hydrogen) atoms. The number of carbonyl (C=O) groups is 1. The van der Waals surface area contributed by atoms with Gasteiger partial charge in [-0.3, -0.25) is 9.59 Å². The van der Waals surface area contributed by atoms with Gasteiger partial charge in [-0.25, -0.2) is 5.10 Å². The number of H-pyrrole nitrogens is 1. The molecule has 0 saturated heterocycles. The quantitative estimate of drug-likeness (QED) is 0.494. The lowest BCUT2D eigenvalue weighted by Gasteiger charge is -1.95. The zero-order valence-electron chi connectivity index (χ0n) is 7.65. The summed E-state index contributed by atoms with van der Waals surface area (Å²) in [6.45, 7) is 0. The van der Waals surface area contributed by atoms with Crippen LogP contribution in [0.25, 0.3) is 10.8 Å². The predicted octanol–water partition coefficient (Wildman–Crippen LogP) is 0.473. The molecule has 0 spiro atoms. The van der Waals surface area contributed by atoms with E-state index in [2.05, 4.69) is 22.0 Å². The molecule has 0 aliphatic carbocycles. The molecule has 0 radical (unpaired) electrons. The Kier molecular flexibility index (Phi) is 2.30. The van der Waals surface area contributed by atoms with Gasteiger partial charge in [-0.15, -0.1) is 0 Å². The van der Waals surface area contributed by atoms with E-state index in [9.17, 15) is 9.59 Å². The minimum atomic E-state index is -0.234. The summed E-state index contributed by atoms with van der Waals surface area (Å²) in [6, 6.07) is 5.06. The topological polar surface area (TPSA) is 62.8 Å². The van der Waals surface area contributed by atoms with E-state index in [1.807, 2.05) is 0 Å². The van der Waals surface area contributed by atoms with Crippen LogP contribution in [0.1, 0.15) is 5.56 Å². The lowest BCUT2D eigenvalue weighted by atomic mass is 10.1. The third-order valence-electron chi connectivity index (χ3n) is 1.94. The first-order valence-electron chi connectivity index (χ1n) is 4.24. The van der Waals surface area contributed by atoms with Crippen molar-refractivity contribution in [3.8, 4) is 11.8 Å². The van der Waals surface area contributed by atoms with Gasteiger partial charge in [-0.2, -0.15) is 5.10 Å². The Bertz CT molecular complexity index is 632. The van der Waals surface area contributed by atoms with Gasteiger partial charge < -0.3 is 0 Å². The molecule has 0 atom stereocenters. The van der Waals surface area contributed by atoms with E-state index >= 15 is 0 Å². The summed E-state index contributed by atoms with van der Waals surface area (Å²) in [5.41, 5.74) is 0.449. The van der Waals surface area contributed by atoms with Crippen molar-refractivity contribution in [2.45, 2.75) is 0 Å². The van der Waals surface area contributed by atoms with Crippen molar-refractivity contribution in [2.24, 2.45) is 0 Å². The first kappa shape index (κ1) is 9.16. The molecule has 1 N–H and O–H groups in total. The third-order valence-corrected chi connectivity index (χ3v) is 1.94. The van der Waals surface area contributed by atoms with Crippen LogP contribution in [0.3, 0.4) is 0 Å². The lowest BCUT2D eigenvalue weighted by Crippen LogP contribution is -2.07. The third kappa shape index (κ3) is 1.76. The molecule has 0 amide bonds. The van der Waals surface area contributed by atoms with Gasteiger partial charge in [-0.1, -0.05) is 5.92 Å². The van der Waals surface area contributed by atoms with Gasteiger partial charge >= 0.3 is 0 Å². The second-order valence-corrected chi connectivity index (χ2v) is 2.89. The van der Waals surface area contributed by atoms with Gasteiger partial charge in [0.1, 0.15) is 0 Å². The molecule has 72 valence electrons. The highest BCUT2D eigenvalue weighted by molar-refractivity contribution is 5.82. The number of hydrogen-bond acceptors (Lipinski definition) is 3. The van der Waals surface area contributed by atoms with Crippen LogP contribution in [-0.4, -0.2) is 16.5 Å². The van der Waals surface area contributed by atoms with E-state index in [4.69, 9.17) is 0 Å². The van der Waals surface area contributed by atoms with Gasteiger partial charge in [-0.05, 0) is 24.1 Å². The zero-order chi connectivity index (χ0) is 10.7. The number of aromatic nitrogens is 2. The molecule has 4 nitrogen and oxygen atoms in total. The summed E-state index contributed by atoms with van der Waals surface area (Å²) in [5.74, 6) is 4.95. The maximum Gasteiger partial charge on any atom is 0.272 e. The van der Waals surface area contributed by atoms with Gasteiger partial charge in [0.05, 0.1) is 11.6 Å². The van der Waals surface area contributed by atoms with Gasteiger partial charge in [0, 0.05) is 10.9 Å². The number of aldehydes is 1. The molecule has 0 aliphatic rings. The summed E-state index contributed by atoms with van der Waals surface area (Å²) in [5, 5.41) is 7.28. The average Bonchev–Trinajstić information content (AvgIpc) is 2.26. The van der Waals surface area contributed by atoms with E-state index in [-0.39, 0.29) is 5.56 Å². The lowest BCUT2D eigenvalue weighted by molar-refractivity contribution is -0.103. The summed E-state index contributed by atoms with van der Waals surface area (Å²) < 4.78 is 0. The molecule has 4 heteroatoms. The van der Waals surface area contributed by atoms with E-state index in [0.29, 0.717) is 22.6 Å². The summed E-state index contributed by atoms with van der Waals surface area (Å²) in [6.07, 6.45) is 2.07. The van der Waals surface area contributed by atoms with Crippen molar-refractivity contribution in [1.82, 2.24) is 10.2 Å². The standard InChI is InChI=1S/C11H6N2O2/c14-5-1-2-8-3-4-10-9(6-8)7-12-13-11(10)15/h3-7H,(H,13,15). The predicted molar refractivity (Wildman–Crippen MR) is 55.3 cm³/mol. The SMILES string of the molecule is O=CC#Cc1ccc2c(=O)[nH]ncc2c1. The molecule has 0 aliphatic heterocycles. The number of nitrogens with zero attached hydrogens (tertiary/aromatic N) is 1. The van der Waals surface area contributed by atoms with Gasteiger partial charge in [0.15, 0.2) is 6.29 Å². The Morgan fingerprint density at radius 2 is 2.27 bits per heavy atom. The minimum Gasteiger partial charge on any atom is -0.289 e. The Balaban J connectivity index is 2.67. The first-order valence-corrected chi connectivity index (χ1v) is 4.24. The zero-order valence-corrected chi connectivity index (χ0v) is 7.65. The van der Waals surface area contributed by atoms with Crippen molar-refractivity contribution < 1.29 is 4.79 Å². The fourth-order valence-corrected chi connectivity index (χ4v) is 1.29. The largest absolute Gasteiger partial charge is 0.289 e. The van der Waals surface area contributed by atoms with Crippen LogP contribution in [-0.2, 0) is 4.79 Å². The number of hydrogen-bond donors (Lipinski definition) is 1. The van der Waals surface area contributed by atoms with Crippen LogP contribution in [0.4, 0.5) is 0 Å². The summed E-state index contributed by atoms with van der Waals surface area (Å²) in [7, 11) is 0. The molecule has 0 saturated carbocycles. The van der Waals surface area contributed by atoms with Crippen molar-refractivity contribution >= 4 is 17.1 Å². The Hall–Kier alpha value is -2.41. The van der Waals surface area contributed by atoms with Crippen LogP contribution in [0.5, 0.6) is 0 Å². The molecule has 0 unspecified atom stereocenters. The van der Waals surface area contributed by atoms with Crippen LogP contribution in [0.15, 0.2) is 29.2 Å². The second-order valence-electron chi connectivity index (χ2n) is 2.89. The Labute approximate surface area is 84.9 Å². The van der Waals surface area contributed by atoms with Crippen molar-refractivity contribution in [3.63, 3.8) is 0 Å². The number of aromatic amines is 1. The Morgan fingerprint density at radius 1 is 1.40 bits per heavy atom. The highest BCUT2D eigenvalue weighted by Crippen LogP contribution is 2.09. The van der Waals surface area contributed by atoms with Crippen LogP contribution in [0, 0.1) is 11.8 Å². The number of benzene rings is 1. The maximum atomic E-state index is 11.3. The van der Waals surface area contributed by atoms with Crippen LogP contribution < -0.4 is 5.56 Å². The molecule has 2 rings (SSSR count). The summed E-state index contributed by atoms with van der Waals surface area (Å²) in [4.78, 5) is 21.3. The molecular formula is C11H6N2O2. The summed E-state index contributed by atoms with van der Waals surface area (Å²) >= 11 is 0. The average molecular weight is 198 g/mol. The highest BCUT2D eigenvalue weighted by Gasteiger charge is 1.98.